The van der Waals surface area contributed by atoms with Gasteiger partial charge in [0.05, 0.1) is 5.60 Å². The lowest BCUT2D eigenvalue weighted by Crippen LogP contribution is -2.43. The lowest BCUT2D eigenvalue weighted by molar-refractivity contribution is -0.122. The Morgan fingerprint density at radius 3 is 2.61 bits per heavy atom. The Morgan fingerprint density at radius 2 is 2.06 bits per heavy atom. The fourth-order valence-corrected chi connectivity index (χ4v) is 2.30. The highest BCUT2D eigenvalue weighted by Crippen LogP contribution is 2.32. The predicted molar refractivity (Wildman–Crippen MR) is 68.8 cm³/mol. The molecule has 2 rings (SSSR count). The van der Waals surface area contributed by atoms with Crippen LogP contribution in [0.4, 0.5) is 5.69 Å². The molecule has 0 aliphatic heterocycles. The second kappa shape index (κ2) is 5.46. The van der Waals surface area contributed by atoms with Crippen LogP contribution < -0.4 is 11.1 Å². The van der Waals surface area contributed by atoms with Crippen molar-refractivity contribution in [3.05, 3.63) is 24.5 Å². The lowest BCUT2D eigenvalue weighted by atomic mass is 9.78. The van der Waals surface area contributed by atoms with Crippen molar-refractivity contribution in [2.24, 2.45) is 11.7 Å². The molecule has 1 heterocycles. The van der Waals surface area contributed by atoms with E-state index in [0.717, 1.165) is 5.69 Å². The van der Waals surface area contributed by atoms with Gasteiger partial charge in [-0.25, -0.2) is 0 Å². The number of carbonyl (C=O) groups is 1. The number of nitrogens with zero attached hydrogens (tertiary/aromatic N) is 1. The fraction of sp³-hybridized carbons (Fsp3) is 0.538. The van der Waals surface area contributed by atoms with Crippen LogP contribution in [0, 0.1) is 5.92 Å². The third-order valence-corrected chi connectivity index (χ3v) is 3.61. The normalized spacial score (nSPS) is 27.8. The van der Waals surface area contributed by atoms with Gasteiger partial charge in [0.25, 0.3) is 0 Å². The van der Waals surface area contributed by atoms with E-state index < -0.39 is 5.60 Å². The van der Waals surface area contributed by atoms with Gasteiger partial charge in [-0.3, -0.25) is 9.78 Å². The molecule has 0 aromatic carbocycles. The van der Waals surface area contributed by atoms with Crippen LogP contribution in [0.2, 0.25) is 0 Å². The van der Waals surface area contributed by atoms with Crippen molar-refractivity contribution in [3.63, 3.8) is 0 Å². The molecule has 0 unspecified atom stereocenters. The number of pyridine rings is 1. The van der Waals surface area contributed by atoms with Crippen LogP contribution in [0.25, 0.3) is 0 Å². The molecule has 5 nitrogen and oxygen atoms in total. The summed E-state index contributed by atoms with van der Waals surface area (Å²) in [5.74, 6) is -0.0229. The van der Waals surface area contributed by atoms with Gasteiger partial charge in [-0.05, 0) is 37.8 Å². The molecule has 0 atom stereocenters. The van der Waals surface area contributed by atoms with Crippen molar-refractivity contribution >= 4 is 11.6 Å². The Morgan fingerprint density at radius 1 is 1.44 bits per heavy atom. The molecule has 0 bridgehead atoms. The van der Waals surface area contributed by atoms with E-state index in [1.165, 1.54) is 0 Å². The van der Waals surface area contributed by atoms with Crippen LogP contribution >= 0.6 is 0 Å². The molecular formula is C13H19N3O2. The fourth-order valence-electron chi connectivity index (χ4n) is 2.30. The summed E-state index contributed by atoms with van der Waals surface area (Å²) < 4.78 is 0. The molecule has 98 valence electrons. The third-order valence-electron chi connectivity index (χ3n) is 3.61. The van der Waals surface area contributed by atoms with Crippen molar-refractivity contribution in [1.82, 2.24) is 4.98 Å². The summed E-state index contributed by atoms with van der Waals surface area (Å²) in [6.45, 7) is 0.270. The first-order valence-electron chi connectivity index (χ1n) is 6.26. The number of nitrogens with one attached hydrogen (secondary N) is 1. The van der Waals surface area contributed by atoms with Crippen molar-refractivity contribution < 1.29 is 9.90 Å². The zero-order chi connectivity index (χ0) is 13.0. The lowest BCUT2D eigenvalue weighted by Gasteiger charge is -2.34. The number of nitrogens with two attached hydrogens (primary N) is 1. The minimum Gasteiger partial charge on any atom is -0.389 e. The van der Waals surface area contributed by atoms with E-state index >= 15 is 0 Å². The maximum atomic E-state index is 12.0. The van der Waals surface area contributed by atoms with E-state index in [9.17, 15) is 9.90 Å². The summed E-state index contributed by atoms with van der Waals surface area (Å²) in [6, 6.07) is 3.52. The minimum absolute atomic E-state index is 0.0141. The highest BCUT2D eigenvalue weighted by atomic mass is 16.3. The third kappa shape index (κ3) is 3.05. The number of hydrogen-bond acceptors (Lipinski definition) is 4. The monoisotopic (exact) mass is 249 g/mol. The summed E-state index contributed by atoms with van der Waals surface area (Å²) in [5, 5.41) is 12.9. The topological polar surface area (TPSA) is 88.2 Å². The van der Waals surface area contributed by atoms with E-state index in [0.29, 0.717) is 25.7 Å². The van der Waals surface area contributed by atoms with Crippen LogP contribution in [-0.2, 0) is 4.79 Å². The molecule has 1 amide bonds. The molecule has 1 aliphatic rings. The zero-order valence-corrected chi connectivity index (χ0v) is 10.3. The van der Waals surface area contributed by atoms with Crippen LogP contribution in [0.1, 0.15) is 25.7 Å². The number of hydrogen-bond donors (Lipinski definition) is 3. The van der Waals surface area contributed by atoms with Gasteiger partial charge in [0.15, 0.2) is 0 Å². The summed E-state index contributed by atoms with van der Waals surface area (Å²) in [7, 11) is 0. The highest BCUT2D eigenvalue weighted by molar-refractivity contribution is 5.92. The van der Waals surface area contributed by atoms with Gasteiger partial charge in [0.1, 0.15) is 0 Å². The maximum Gasteiger partial charge on any atom is 0.227 e. The molecule has 1 aliphatic carbocycles. The van der Waals surface area contributed by atoms with Gasteiger partial charge in [-0.1, -0.05) is 0 Å². The second-order valence-corrected chi connectivity index (χ2v) is 4.93. The Hall–Kier alpha value is -1.46. The number of aromatic nitrogens is 1. The van der Waals surface area contributed by atoms with E-state index in [1.807, 2.05) is 0 Å². The van der Waals surface area contributed by atoms with Crippen molar-refractivity contribution in [2.75, 3.05) is 11.9 Å². The van der Waals surface area contributed by atoms with Gasteiger partial charge in [0, 0.05) is 30.5 Å². The van der Waals surface area contributed by atoms with Crippen LogP contribution in [0.15, 0.2) is 24.5 Å². The molecule has 1 saturated carbocycles. The van der Waals surface area contributed by atoms with Gasteiger partial charge < -0.3 is 16.2 Å². The van der Waals surface area contributed by atoms with Gasteiger partial charge >= 0.3 is 0 Å². The number of rotatable bonds is 3. The van der Waals surface area contributed by atoms with Crippen molar-refractivity contribution in [3.8, 4) is 0 Å². The second-order valence-electron chi connectivity index (χ2n) is 4.93. The first-order valence-corrected chi connectivity index (χ1v) is 6.26. The standard InChI is InChI=1S/C13H19N3O2/c14-9-13(18)5-1-10(2-6-13)12(17)16-11-3-7-15-8-4-11/h3-4,7-8,10,18H,1-2,5-6,9,14H2,(H,15,16,17). The van der Waals surface area contributed by atoms with Gasteiger partial charge in [-0.2, -0.15) is 0 Å². The highest BCUT2D eigenvalue weighted by Gasteiger charge is 2.34. The smallest absolute Gasteiger partial charge is 0.227 e. The summed E-state index contributed by atoms with van der Waals surface area (Å²) in [5.41, 5.74) is 5.51. The van der Waals surface area contributed by atoms with Crippen LogP contribution in [-0.4, -0.2) is 28.1 Å². The number of amides is 1. The summed E-state index contributed by atoms with van der Waals surface area (Å²) >= 11 is 0. The molecule has 1 aromatic heterocycles. The van der Waals surface area contributed by atoms with E-state index in [4.69, 9.17) is 5.73 Å². The molecule has 5 heteroatoms. The first-order chi connectivity index (χ1) is 8.63. The van der Waals surface area contributed by atoms with Crippen LogP contribution in [0.3, 0.4) is 0 Å². The maximum absolute atomic E-state index is 12.0. The molecular weight excluding hydrogens is 230 g/mol. The molecule has 18 heavy (non-hydrogen) atoms. The average Bonchev–Trinajstić information content (AvgIpc) is 2.40. The first kappa shape index (κ1) is 13.0. The van der Waals surface area contributed by atoms with E-state index in [1.54, 1.807) is 24.5 Å². The molecule has 0 saturated heterocycles. The SMILES string of the molecule is NCC1(O)CCC(C(=O)Nc2ccncc2)CC1. The van der Waals surface area contributed by atoms with Crippen molar-refractivity contribution in [2.45, 2.75) is 31.3 Å². The quantitative estimate of drug-likeness (QED) is 0.742. The van der Waals surface area contributed by atoms with E-state index in [2.05, 4.69) is 10.3 Å². The Kier molecular flexibility index (Phi) is 3.93. The largest absolute Gasteiger partial charge is 0.389 e. The zero-order valence-electron chi connectivity index (χ0n) is 10.3. The van der Waals surface area contributed by atoms with Gasteiger partial charge in [0.2, 0.25) is 5.91 Å². The number of aliphatic hydroxyl groups is 1. The molecule has 0 spiro atoms. The molecule has 1 aromatic rings. The Balaban J connectivity index is 1.88. The van der Waals surface area contributed by atoms with Gasteiger partial charge in [-0.15, -0.1) is 0 Å². The summed E-state index contributed by atoms with van der Waals surface area (Å²) in [4.78, 5) is 15.9. The molecule has 0 radical (unpaired) electrons. The minimum atomic E-state index is -0.770. The predicted octanol–water partition coefficient (Wildman–Crippen LogP) is 0.900. The Bertz CT molecular complexity index is 400. The molecule has 4 N–H and O–H groups in total. The number of carbonyl (C=O) groups excluding carboxylic acids is 1. The Labute approximate surface area is 106 Å². The average molecular weight is 249 g/mol. The van der Waals surface area contributed by atoms with Crippen LogP contribution in [0.5, 0.6) is 0 Å². The van der Waals surface area contributed by atoms with E-state index in [-0.39, 0.29) is 18.4 Å². The molecule has 1 fully saturated rings. The van der Waals surface area contributed by atoms with Crippen molar-refractivity contribution in [1.29, 1.82) is 0 Å². The summed E-state index contributed by atoms with van der Waals surface area (Å²) in [6.07, 6.45) is 5.85. The number of anilines is 1.